The molecule has 0 amide bonds. The maximum Gasteiger partial charge on any atom is 0.317 e. The van der Waals surface area contributed by atoms with Gasteiger partial charge in [-0.25, -0.2) is 9.97 Å². The van der Waals surface area contributed by atoms with E-state index in [4.69, 9.17) is 16.3 Å². The first-order chi connectivity index (χ1) is 8.19. The topological polar surface area (TPSA) is 52.1 Å². The Bertz CT molecular complexity index is 417. The molecule has 0 saturated heterocycles. The normalized spacial score (nSPS) is 18.7. The lowest BCUT2D eigenvalue weighted by atomic mass is 9.71. The van der Waals surface area contributed by atoms with Crippen LogP contribution in [-0.2, 0) is 14.9 Å². The first-order valence-corrected chi connectivity index (χ1v) is 6.14. The summed E-state index contributed by atoms with van der Waals surface area (Å²) in [5.74, 6) is -0.216. The van der Waals surface area contributed by atoms with Crippen LogP contribution in [0.3, 0.4) is 0 Å². The van der Waals surface area contributed by atoms with E-state index in [1.54, 1.807) is 12.3 Å². The summed E-state index contributed by atoms with van der Waals surface area (Å²) < 4.78 is 4.94. The second-order valence-corrected chi connectivity index (χ2v) is 4.68. The fourth-order valence-corrected chi connectivity index (χ4v) is 2.66. The van der Waals surface area contributed by atoms with E-state index in [1.165, 1.54) is 7.11 Å². The lowest BCUT2D eigenvalue weighted by Gasteiger charge is -2.33. The predicted octanol–water partition coefficient (Wildman–Crippen LogP) is 2.50. The molecule has 1 aromatic heterocycles. The van der Waals surface area contributed by atoms with Gasteiger partial charge in [-0.15, -0.1) is 0 Å². The molecule has 0 spiro atoms. The largest absolute Gasteiger partial charge is 0.468 e. The quantitative estimate of drug-likeness (QED) is 0.601. The van der Waals surface area contributed by atoms with Gasteiger partial charge in [-0.1, -0.05) is 19.3 Å². The number of methoxy groups -OCH3 is 1. The molecule has 1 saturated carbocycles. The first kappa shape index (κ1) is 12.3. The lowest BCUT2D eigenvalue weighted by molar-refractivity contribution is -0.149. The first-order valence-electron chi connectivity index (χ1n) is 5.76. The van der Waals surface area contributed by atoms with Gasteiger partial charge in [0.25, 0.3) is 0 Å². The summed E-state index contributed by atoms with van der Waals surface area (Å²) >= 11 is 5.80. The van der Waals surface area contributed by atoms with Crippen molar-refractivity contribution in [2.75, 3.05) is 7.11 Å². The average Bonchev–Trinajstić information content (AvgIpc) is 2.38. The third-order valence-corrected chi connectivity index (χ3v) is 3.58. The Balaban J connectivity index is 2.42. The second-order valence-electron chi connectivity index (χ2n) is 4.35. The number of carbonyl (C=O) groups is 1. The molecule has 0 unspecified atom stereocenters. The van der Waals surface area contributed by atoms with Crippen molar-refractivity contribution in [2.45, 2.75) is 37.5 Å². The summed E-state index contributed by atoms with van der Waals surface area (Å²) in [6.07, 6.45) is 6.30. The summed E-state index contributed by atoms with van der Waals surface area (Å²) in [6.45, 7) is 0. The SMILES string of the molecule is COC(=O)C1(c2ccnc(Cl)n2)CCCCC1. The molecule has 0 atom stereocenters. The Morgan fingerprint density at radius 3 is 2.71 bits per heavy atom. The summed E-state index contributed by atoms with van der Waals surface area (Å²) in [7, 11) is 1.42. The number of aromatic nitrogens is 2. The number of halogens is 1. The van der Waals surface area contributed by atoms with Crippen LogP contribution >= 0.6 is 11.6 Å². The van der Waals surface area contributed by atoms with Gasteiger partial charge < -0.3 is 4.74 Å². The summed E-state index contributed by atoms with van der Waals surface area (Å²) in [6, 6.07) is 1.76. The molecule has 0 bridgehead atoms. The Morgan fingerprint density at radius 2 is 2.12 bits per heavy atom. The molecule has 0 radical (unpaired) electrons. The van der Waals surface area contributed by atoms with Crippen LogP contribution in [0, 0.1) is 0 Å². The molecule has 92 valence electrons. The molecule has 0 N–H and O–H groups in total. The molecular formula is C12H15ClN2O2. The fraction of sp³-hybridized carbons (Fsp3) is 0.583. The number of nitrogens with zero attached hydrogens (tertiary/aromatic N) is 2. The van der Waals surface area contributed by atoms with Crippen LogP contribution in [0.1, 0.15) is 37.8 Å². The lowest BCUT2D eigenvalue weighted by Crippen LogP contribution is -2.39. The van der Waals surface area contributed by atoms with Crippen molar-refractivity contribution in [1.82, 2.24) is 9.97 Å². The highest BCUT2D eigenvalue weighted by molar-refractivity contribution is 6.28. The standard InChI is InChI=1S/C12H15ClN2O2/c1-17-10(16)12(6-3-2-4-7-12)9-5-8-14-11(13)15-9/h5,8H,2-4,6-7H2,1H3. The highest BCUT2D eigenvalue weighted by Crippen LogP contribution is 2.39. The maximum atomic E-state index is 12.1. The van der Waals surface area contributed by atoms with Crippen LogP contribution in [0.2, 0.25) is 5.28 Å². The van der Waals surface area contributed by atoms with Gasteiger partial charge in [-0.2, -0.15) is 0 Å². The minimum atomic E-state index is -0.625. The van der Waals surface area contributed by atoms with Crippen LogP contribution in [0.4, 0.5) is 0 Å². The van der Waals surface area contributed by atoms with Gasteiger partial charge in [0, 0.05) is 6.20 Å². The molecule has 1 aliphatic carbocycles. The summed E-state index contributed by atoms with van der Waals surface area (Å²) in [4.78, 5) is 20.1. The summed E-state index contributed by atoms with van der Waals surface area (Å²) in [5, 5.41) is 0.177. The molecule has 1 aliphatic rings. The minimum Gasteiger partial charge on any atom is -0.468 e. The molecule has 1 heterocycles. The van der Waals surface area contributed by atoms with Crippen molar-refractivity contribution < 1.29 is 9.53 Å². The van der Waals surface area contributed by atoms with E-state index in [0.717, 1.165) is 32.1 Å². The maximum absolute atomic E-state index is 12.1. The van der Waals surface area contributed by atoms with Crippen molar-refractivity contribution in [2.24, 2.45) is 0 Å². The van der Waals surface area contributed by atoms with Gasteiger partial charge in [0.15, 0.2) is 0 Å². The van der Waals surface area contributed by atoms with Crippen molar-refractivity contribution in [1.29, 1.82) is 0 Å². The van der Waals surface area contributed by atoms with Gasteiger partial charge in [-0.3, -0.25) is 4.79 Å². The zero-order valence-electron chi connectivity index (χ0n) is 9.78. The van der Waals surface area contributed by atoms with E-state index in [-0.39, 0.29) is 11.3 Å². The van der Waals surface area contributed by atoms with Gasteiger partial charge >= 0.3 is 5.97 Å². The van der Waals surface area contributed by atoms with Crippen molar-refractivity contribution in [3.8, 4) is 0 Å². The average molecular weight is 255 g/mol. The highest BCUT2D eigenvalue weighted by atomic mass is 35.5. The van der Waals surface area contributed by atoms with Crippen LogP contribution in [0.5, 0.6) is 0 Å². The van der Waals surface area contributed by atoms with Gasteiger partial charge in [0.05, 0.1) is 12.8 Å². The zero-order chi connectivity index (χ0) is 12.3. The second kappa shape index (κ2) is 5.00. The number of rotatable bonds is 2. The highest BCUT2D eigenvalue weighted by Gasteiger charge is 2.43. The third kappa shape index (κ3) is 2.27. The van der Waals surface area contributed by atoms with E-state index in [0.29, 0.717) is 5.69 Å². The van der Waals surface area contributed by atoms with Crippen molar-refractivity contribution in [3.63, 3.8) is 0 Å². The van der Waals surface area contributed by atoms with Crippen LogP contribution in [0.15, 0.2) is 12.3 Å². The molecule has 0 aliphatic heterocycles. The monoisotopic (exact) mass is 254 g/mol. The summed E-state index contributed by atoms with van der Waals surface area (Å²) in [5.41, 5.74) is 0.0589. The number of carbonyl (C=O) groups excluding carboxylic acids is 1. The Hall–Kier alpha value is -1.16. The van der Waals surface area contributed by atoms with Crippen LogP contribution in [0.25, 0.3) is 0 Å². The number of ether oxygens (including phenoxy) is 1. The van der Waals surface area contributed by atoms with E-state index in [9.17, 15) is 4.79 Å². The Labute approximate surface area is 105 Å². The van der Waals surface area contributed by atoms with Gasteiger partial charge in [0.2, 0.25) is 5.28 Å². The van der Waals surface area contributed by atoms with E-state index >= 15 is 0 Å². The molecule has 1 aromatic rings. The fourth-order valence-electron chi connectivity index (χ4n) is 2.52. The Kier molecular flexibility index (Phi) is 3.62. The minimum absolute atomic E-state index is 0.177. The number of esters is 1. The molecule has 0 aromatic carbocycles. The van der Waals surface area contributed by atoms with Gasteiger partial charge in [0.1, 0.15) is 5.41 Å². The van der Waals surface area contributed by atoms with Gasteiger partial charge in [-0.05, 0) is 30.5 Å². The van der Waals surface area contributed by atoms with E-state index in [1.807, 2.05) is 0 Å². The molecular weight excluding hydrogens is 240 g/mol. The Morgan fingerprint density at radius 1 is 1.41 bits per heavy atom. The molecule has 1 fully saturated rings. The molecule has 5 heteroatoms. The van der Waals surface area contributed by atoms with Crippen LogP contribution < -0.4 is 0 Å². The molecule has 17 heavy (non-hydrogen) atoms. The number of hydrogen-bond donors (Lipinski definition) is 0. The predicted molar refractivity (Wildman–Crippen MR) is 63.8 cm³/mol. The molecule has 2 rings (SSSR count). The van der Waals surface area contributed by atoms with Crippen LogP contribution in [-0.4, -0.2) is 23.0 Å². The smallest absolute Gasteiger partial charge is 0.317 e. The zero-order valence-corrected chi connectivity index (χ0v) is 10.5. The van der Waals surface area contributed by atoms with E-state index in [2.05, 4.69) is 9.97 Å². The van der Waals surface area contributed by atoms with Crippen molar-refractivity contribution in [3.05, 3.63) is 23.2 Å². The van der Waals surface area contributed by atoms with E-state index < -0.39 is 5.41 Å². The third-order valence-electron chi connectivity index (χ3n) is 3.40. The number of hydrogen-bond acceptors (Lipinski definition) is 4. The molecule has 4 nitrogen and oxygen atoms in total. The van der Waals surface area contributed by atoms with Crippen molar-refractivity contribution >= 4 is 17.6 Å².